The second-order valence-corrected chi connectivity index (χ2v) is 11.0. The number of nitrogens with zero attached hydrogens (tertiary/aromatic N) is 7. The SMILES string of the molecule is CCCc1nc(C(C)(C)O)c(C)n1Cc1ccc(-c2ccccc2-c2nnn(C(=O)Oc3ccccc3CO[N+](=O)[O-])n2)cc1. The number of carbonyl (C=O) groups excluding carboxylic acids is 1. The van der Waals surface area contributed by atoms with Crippen LogP contribution in [-0.2, 0) is 30.0 Å². The van der Waals surface area contributed by atoms with Crippen molar-refractivity contribution in [1.82, 2.24) is 29.8 Å². The Morgan fingerprint density at radius 2 is 1.71 bits per heavy atom. The fourth-order valence-electron chi connectivity index (χ4n) is 5.08. The summed E-state index contributed by atoms with van der Waals surface area (Å²) in [5, 5.41) is 32.5. The highest BCUT2D eigenvalue weighted by atomic mass is 16.9. The molecule has 0 saturated heterocycles. The zero-order valence-corrected chi connectivity index (χ0v) is 25.4. The number of tetrazole rings is 1. The van der Waals surface area contributed by atoms with Crippen LogP contribution in [0.3, 0.4) is 0 Å². The molecule has 2 aromatic heterocycles. The summed E-state index contributed by atoms with van der Waals surface area (Å²) in [6, 6.07) is 21.9. The molecule has 5 rings (SSSR count). The highest BCUT2D eigenvalue weighted by Gasteiger charge is 2.25. The molecule has 0 fully saturated rings. The predicted molar refractivity (Wildman–Crippen MR) is 164 cm³/mol. The number of aliphatic hydroxyl groups is 1. The van der Waals surface area contributed by atoms with Crippen molar-refractivity contribution in [3.05, 3.63) is 111 Å². The van der Waals surface area contributed by atoms with E-state index in [1.54, 1.807) is 32.0 Å². The lowest BCUT2D eigenvalue weighted by molar-refractivity contribution is -0.763. The minimum absolute atomic E-state index is 0.0766. The number of imidazole rings is 1. The Balaban J connectivity index is 1.36. The average Bonchev–Trinajstić information content (AvgIpc) is 3.63. The first-order valence-electron chi connectivity index (χ1n) is 14.4. The molecule has 0 saturated carbocycles. The van der Waals surface area contributed by atoms with E-state index in [1.807, 2.05) is 55.5 Å². The molecule has 45 heavy (non-hydrogen) atoms. The van der Waals surface area contributed by atoms with Gasteiger partial charge in [0, 0.05) is 29.8 Å². The lowest BCUT2D eigenvalue weighted by atomic mass is 9.98. The minimum atomic E-state index is -1.03. The number of rotatable bonds is 11. The third-order valence-electron chi connectivity index (χ3n) is 7.20. The zero-order chi connectivity index (χ0) is 32.1. The Bertz CT molecular complexity index is 1820. The molecule has 0 bridgehead atoms. The van der Waals surface area contributed by atoms with Gasteiger partial charge in [0.25, 0.3) is 5.09 Å². The first-order chi connectivity index (χ1) is 21.5. The third-order valence-corrected chi connectivity index (χ3v) is 7.20. The molecule has 0 aliphatic rings. The van der Waals surface area contributed by atoms with Gasteiger partial charge in [-0.15, -0.1) is 20.3 Å². The van der Waals surface area contributed by atoms with Crippen LogP contribution in [0.15, 0.2) is 72.8 Å². The summed E-state index contributed by atoms with van der Waals surface area (Å²) in [6.45, 7) is 7.83. The summed E-state index contributed by atoms with van der Waals surface area (Å²) in [5.74, 6) is 1.24. The Kier molecular flexibility index (Phi) is 9.00. The number of carbonyl (C=O) groups is 1. The van der Waals surface area contributed by atoms with E-state index < -0.39 is 16.8 Å². The summed E-state index contributed by atoms with van der Waals surface area (Å²) in [6.07, 6.45) is 0.820. The van der Waals surface area contributed by atoms with Gasteiger partial charge in [-0.2, -0.15) is 0 Å². The van der Waals surface area contributed by atoms with Gasteiger partial charge in [0.15, 0.2) is 0 Å². The molecule has 0 radical (unpaired) electrons. The van der Waals surface area contributed by atoms with Gasteiger partial charge in [-0.1, -0.05) is 78.5 Å². The predicted octanol–water partition coefficient (Wildman–Crippen LogP) is 5.50. The third kappa shape index (κ3) is 7.04. The van der Waals surface area contributed by atoms with Gasteiger partial charge in [-0.05, 0) is 55.2 Å². The first-order valence-corrected chi connectivity index (χ1v) is 14.4. The number of hydrogen-bond donors (Lipinski definition) is 1. The van der Waals surface area contributed by atoms with E-state index >= 15 is 0 Å². The fourth-order valence-corrected chi connectivity index (χ4v) is 5.08. The Morgan fingerprint density at radius 3 is 2.40 bits per heavy atom. The second-order valence-electron chi connectivity index (χ2n) is 11.0. The summed E-state index contributed by atoms with van der Waals surface area (Å²) < 4.78 is 7.54. The van der Waals surface area contributed by atoms with Crippen molar-refractivity contribution in [2.75, 3.05) is 0 Å². The number of aromatic nitrogens is 6. The topological polar surface area (TPSA) is 160 Å². The lowest BCUT2D eigenvalue weighted by Crippen LogP contribution is -2.20. The molecular weight excluding hydrogens is 578 g/mol. The van der Waals surface area contributed by atoms with Crippen LogP contribution < -0.4 is 4.74 Å². The van der Waals surface area contributed by atoms with E-state index in [4.69, 9.17) is 9.72 Å². The molecule has 13 heteroatoms. The van der Waals surface area contributed by atoms with E-state index in [2.05, 4.69) is 31.7 Å². The van der Waals surface area contributed by atoms with Gasteiger partial charge < -0.3 is 19.2 Å². The van der Waals surface area contributed by atoms with Gasteiger partial charge in [-0.25, -0.2) is 9.78 Å². The van der Waals surface area contributed by atoms with Crippen molar-refractivity contribution >= 4 is 6.09 Å². The van der Waals surface area contributed by atoms with E-state index in [9.17, 15) is 20.0 Å². The Hall–Kier alpha value is -5.43. The van der Waals surface area contributed by atoms with Crippen LogP contribution >= 0.6 is 0 Å². The van der Waals surface area contributed by atoms with E-state index in [1.165, 1.54) is 6.07 Å². The average molecular weight is 612 g/mol. The fraction of sp³-hybridized carbons (Fsp3) is 0.281. The Labute approximate surface area is 259 Å². The number of hydrogen-bond acceptors (Lipinski definition) is 10. The Morgan fingerprint density at radius 1 is 1.02 bits per heavy atom. The second kappa shape index (κ2) is 13.1. The van der Waals surface area contributed by atoms with Crippen LogP contribution in [0.5, 0.6) is 5.75 Å². The van der Waals surface area contributed by atoms with Crippen LogP contribution in [0.4, 0.5) is 4.79 Å². The summed E-state index contributed by atoms with van der Waals surface area (Å²) in [4.78, 5) is 33.3. The number of para-hydroxylation sites is 1. The largest absolute Gasteiger partial charge is 0.459 e. The molecule has 0 amide bonds. The highest BCUT2D eigenvalue weighted by Crippen LogP contribution is 2.31. The summed E-state index contributed by atoms with van der Waals surface area (Å²) in [5.41, 5.74) is 4.41. The maximum Gasteiger partial charge on any atom is 0.459 e. The molecule has 2 heterocycles. The molecule has 0 aliphatic carbocycles. The van der Waals surface area contributed by atoms with Crippen LogP contribution in [0.2, 0.25) is 0 Å². The monoisotopic (exact) mass is 611 g/mol. The number of ether oxygens (including phenoxy) is 1. The molecule has 3 aromatic carbocycles. The molecule has 0 unspecified atom stereocenters. The summed E-state index contributed by atoms with van der Waals surface area (Å²) in [7, 11) is 0. The van der Waals surface area contributed by atoms with Crippen LogP contribution in [0.25, 0.3) is 22.5 Å². The van der Waals surface area contributed by atoms with Crippen molar-refractivity contribution in [2.24, 2.45) is 0 Å². The van der Waals surface area contributed by atoms with Gasteiger partial charge in [-0.3, -0.25) is 0 Å². The normalized spacial score (nSPS) is 11.4. The molecule has 232 valence electrons. The standard InChI is InChI=1S/C32H33N7O6/c1-5-10-28-33-29(32(3,4)41)21(2)37(28)19-22-15-17-23(18-16-22)25-12-7-8-13-26(25)30-34-36-38(35-30)31(40)45-27-14-9-6-11-24(27)20-44-39(42)43/h6-9,11-18,41H,5,10,19-20H2,1-4H3. The van der Waals surface area contributed by atoms with Crippen molar-refractivity contribution in [1.29, 1.82) is 0 Å². The van der Waals surface area contributed by atoms with Crippen LogP contribution in [0, 0.1) is 17.0 Å². The van der Waals surface area contributed by atoms with E-state index in [-0.39, 0.29) is 18.2 Å². The molecule has 5 aromatic rings. The van der Waals surface area contributed by atoms with E-state index in [0.717, 1.165) is 45.8 Å². The van der Waals surface area contributed by atoms with Crippen molar-refractivity contribution in [2.45, 2.75) is 59.3 Å². The van der Waals surface area contributed by atoms with Crippen LogP contribution in [-0.4, -0.2) is 46.0 Å². The highest BCUT2D eigenvalue weighted by molar-refractivity contribution is 5.81. The summed E-state index contributed by atoms with van der Waals surface area (Å²) >= 11 is 0. The molecule has 1 N–H and O–H groups in total. The number of benzene rings is 3. The van der Waals surface area contributed by atoms with Crippen molar-refractivity contribution < 1.29 is 24.6 Å². The molecule has 0 aliphatic heterocycles. The van der Waals surface area contributed by atoms with Gasteiger partial charge >= 0.3 is 6.09 Å². The molecular formula is C32H33N7O6. The quantitative estimate of drug-likeness (QED) is 0.149. The zero-order valence-electron chi connectivity index (χ0n) is 25.4. The maximum atomic E-state index is 12.8. The smallest absolute Gasteiger partial charge is 0.407 e. The van der Waals surface area contributed by atoms with Crippen molar-refractivity contribution in [3.8, 4) is 28.3 Å². The molecule has 13 nitrogen and oxygen atoms in total. The van der Waals surface area contributed by atoms with Crippen LogP contribution in [0.1, 0.15) is 55.5 Å². The van der Waals surface area contributed by atoms with Gasteiger partial charge in [0.05, 0.1) is 5.69 Å². The number of aryl methyl sites for hydroxylation is 1. The van der Waals surface area contributed by atoms with E-state index in [0.29, 0.717) is 23.4 Å². The molecule has 0 spiro atoms. The first kappa shape index (κ1) is 31.0. The van der Waals surface area contributed by atoms with Crippen molar-refractivity contribution in [3.63, 3.8) is 0 Å². The van der Waals surface area contributed by atoms with Gasteiger partial charge in [0.2, 0.25) is 5.82 Å². The van der Waals surface area contributed by atoms with Gasteiger partial charge in [0.1, 0.15) is 23.8 Å². The maximum absolute atomic E-state index is 12.8. The minimum Gasteiger partial charge on any atom is -0.407 e. The molecule has 0 atom stereocenters. The lowest BCUT2D eigenvalue weighted by Gasteiger charge is -2.16.